The summed E-state index contributed by atoms with van der Waals surface area (Å²) in [5, 5.41) is 5.79. The van der Waals surface area contributed by atoms with Crippen LogP contribution in [-0.2, 0) is 0 Å². The van der Waals surface area contributed by atoms with E-state index < -0.39 is 11.7 Å². The first-order chi connectivity index (χ1) is 12.0. The summed E-state index contributed by atoms with van der Waals surface area (Å²) in [6.45, 7) is 3.79. The van der Waals surface area contributed by atoms with Crippen molar-refractivity contribution in [2.24, 2.45) is 0 Å². The van der Waals surface area contributed by atoms with Crippen LogP contribution >= 0.6 is 0 Å². The van der Waals surface area contributed by atoms with Crippen molar-refractivity contribution in [1.82, 2.24) is 9.97 Å². The molecule has 0 atom stereocenters. The minimum absolute atomic E-state index is 0.00138. The Hall–Kier alpha value is -3.28. The number of carbonyl (C=O) groups excluding carboxylic acids is 1. The van der Waals surface area contributed by atoms with E-state index in [1.54, 1.807) is 30.3 Å². The number of hydrogen-bond acceptors (Lipinski definition) is 4. The molecule has 3 aromatic rings. The summed E-state index contributed by atoms with van der Waals surface area (Å²) >= 11 is 0. The Labute approximate surface area is 145 Å². The largest absolute Gasteiger partial charge is 0.324 e. The number of amides is 1. The highest BCUT2D eigenvalue weighted by molar-refractivity contribution is 6.04. The van der Waals surface area contributed by atoms with Gasteiger partial charge in [-0.1, -0.05) is 18.2 Å². The third kappa shape index (κ3) is 4.17. The van der Waals surface area contributed by atoms with E-state index in [4.69, 9.17) is 0 Å². The zero-order chi connectivity index (χ0) is 17.8. The quantitative estimate of drug-likeness (QED) is 0.748. The van der Waals surface area contributed by atoms with Crippen LogP contribution < -0.4 is 10.6 Å². The average molecular weight is 336 g/mol. The molecule has 5 nitrogen and oxygen atoms in total. The molecule has 2 N–H and O–H groups in total. The molecule has 1 amide bonds. The standard InChI is InChI=1S/C19H17FN4O/c1-12-10-13(2)22-19(21-12)24-15-7-5-6-14(11-15)23-18(25)16-8-3-4-9-17(16)20/h3-11H,1-2H3,(H,23,25)(H,21,22,24). The first kappa shape index (κ1) is 16.6. The van der Waals surface area contributed by atoms with Crippen molar-refractivity contribution in [2.75, 3.05) is 10.6 Å². The molecule has 1 aromatic heterocycles. The van der Waals surface area contributed by atoms with E-state index in [0.29, 0.717) is 11.6 Å². The number of aryl methyl sites for hydroxylation is 2. The predicted molar refractivity (Wildman–Crippen MR) is 95.6 cm³/mol. The lowest BCUT2D eigenvalue weighted by atomic mass is 10.2. The normalized spacial score (nSPS) is 10.4. The van der Waals surface area contributed by atoms with Crippen LogP contribution in [-0.4, -0.2) is 15.9 Å². The Morgan fingerprint density at radius 3 is 2.32 bits per heavy atom. The van der Waals surface area contributed by atoms with Gasteiger partial charge in [-0.05, 0) is 50.2 Å². The summed E-state index contributed by atoms with van der Waals surface area (Å²) in [6.07, 6.45) is 0. The van der Waals surface area contributed by atoms with E-state index in [1.807, 2.05) is 26.0 Å². The Kier molecular flexibility index (Phi) is 4.70. The highest BCUT2D eigenvalue weighted by atomic mass is 19.1. The predicted octanol–water partition coefficient (Wildman–Crippen LogP) is 4.23. The zero-order valence-corrected chi connectivity index (χ0v) is 13.9. The minimum atomic E-state index is -0.557. The van der Waals surface area contributed by atoms with Gasteiger partial charge in [-0.25, -0.2) is 14.4 Å². The lowest BCUT2D eigenvalue weighted by molar-refractivity contribution is 0.102. The van der Waals surface area contributed by atoms with Gasteiger partial charge in [0.1, 0.15) is 5.82 Å². The Balaban J connectivity index is 1.77. The number of nitrogens with zero attached hydrogens (tertiary/aromatic N) is 2. The SMILES string of the molecule is Cc1cc(C)nc(Nc2cccc(NC(=O)c3ccccc3F)c2)n1. The van der Waals surface area contributed by atoms with Crippen LogP contribution in [0.3, 0.4) is 0 Å². The molecule has 0 saturated carbocycles. The van der Waals surface area contributed by atoms with Crippen molar-refractivity contribution in [3.63, 3.8) is 0 Å². The molecule has 0 aliphatic carbocycles. The summed E-state index contributed by atoms with van der Waals surface area (Å²) in [4.78, 5) is 20.8. The molecule has 0 aliphatic heterocycles. The number of aromatic nitrogens is 2. The smallest absolute Gasteiger partial charge is 0.258 e. The molecule has 0 saturated heterocycles. The van der Waals surface area contributed by atoms with Gasteiger partial charge in [-0.15, -0.1) is 0 Å². The van der Waals surface area contributed by atoms with Gasteiger partial charge in [0.15, 0.2) is 0 Å². The van der Waals surface area contributed by atoms with Gasteiger partial charge < -0.3 is 10.6 Å². The molecule has 1 heterocycles. The van der Waals surface area contributed by atoms with E-state index in [2.05, 4.69) is 20.6 Å². The third-order valence-electron chi connectivity index (χ3n) is 3.48. The van der Waals surface area contributed by atoms with Crippen molar-refractivity contribution in [2.45, 2.75) is 13.8 Å². The second-order valence-electron chi connectivity index (χ2n) is 5.61. The third-order valence-corrected chi connectivity index (χ3v) is 3.48. The molecule has 3 rings (SSSR count). The molecule has 0 radical (unpaired) electrons. The first-order valence-electron chi connectivity index (χ1n) is 7.76. The fourth-order valence-corrected chi connectivity index (χ4v) is 2.43. The molecular formula is C19H17FN4O. The molecule has 0 spiro atoms. The highest BCUT2D eigenvalue weighted by Gasteiger charge is 2.11. The number of halogens is 1. The number of benzene rings is 2. The van der Waals surface area contributed by atoms with Crippen molar-refractivity contribution < 1.29 is 9.18 Å². The Morgan fingerprint density at radius 2 is 1.60 bits per heavy atom. The van der Waals surface area contributed by atoms with Crippen LogP contribution in [0.5, 0.6) is 0 Å². The molecule has 0 bridgehead atoms. The molecule has 25 heavy (non-hydrogen) atoms. The number of hydrogen-bond donors (Lipinski definition) is 2. The van der Waals surface area contributed by atoms with Crippen LogP contribution in [0.4, 0.5) is 21.7 Å². The monoisotopic (exact) mass is 336 g/mol. The molecule has 126 valence electrons. The highest BCUT2D eigenvalue weighted by Crippen LogP contribution is 2.19. The number of rotatable bonds is 4. The van der Waals surface area contributed by atoms with Crippen molar-refractivity contribution in [1.29, 1.82) is 0 Å². The van der Waals surface area contributed by atoms with E-state index in [1.165, 1.54) is 12.1 Å². The van der Waals surface area contributed by atoms with E-state index in [9.17, 15) is 9.18 Å². The first-order valence-corrected chi connectivity index (χ1v) is 7.76. The van der Waals surface area contributed by atoms with Crippen LogP contribution in [0.2, 0.25) is 0 Å². The van der Waals surface area contributed by atoms with Crippen LogP contribution in [0.15, 0.2) is 54.6 Å². The molecular weight excluding hydrogens is 319 g/mol. The molecule has 0 unspecified atom stereocenters. The molecule has 2 aromatic carbocycles. The van der Waals surface area contributed by atoms with Crippen molar-refractivity contribution in [3.8, 4) is 0 Å². The summed E-state index contributed by atoms with van der Waals surface area (Å²) in [5.41, 5.74) is 2.98. The second kappa shape index (κ2) is 7.09. The lowest BCUT2D eigenvalue weighted by Crippen LogP contribution is -2.13. The summed E-state index contributed by atoms with van der Waals surface area (Å²) < 4.78 is 13.7. The minimum Gasteiger partial charge on any atom is -0.324 e. The van der Waals surface area contributed by atoms with Gasteiger partial charge in [-0.2, -0.15) is 0 Å². The Bertz CT molecular complexity index is 907. The van der Waals surface area contributed by atoms with Gasteiger partial charge >= 0.3 is 0 Å². The maximum absolute atomic E-state index is 13.7. The summed E-state index contributed by atoms with van der Waals surface area (Å²) in [6, 6.07) is 14.8. The fourth-order valence-electron chi connectivity index (χ4n) is 2.43. The maximum Gasteiger partial charge on any atom is 0.258 e. The van der Waals surface area contributed by atoms with Crippen LogP contribution in [0.1, 0.15) is 21.7 Å². The molecule has 0 fully saturated rings. The van der Waals surface area contributed by atoms with Gasteiger partial charge in [-0.3, -0.25) is 4.79 Å². The van der Waals surface area contributed by atoms with E-state index in [-0.39, 0.29) is 5.56 Å². The lowest BCUT2D eigenvalue weighted by Gasteiger charge is -2.10. The van der Waals surface area contributed by atoms with Gasteiger partial charge in [0.05, 0.1) is 5.56 Å². The van der Waals surface area contributed by atoms with E-state index >= 15 is 0 Å². The van der Waals surface area contributed by atoms with Crippen molar-refractivity contribution in [3.05, 3.63) is 77.4 Å². The average Bonchev–Trinajstić information content (AvgIpc) is 2.54. The van der Waals surface area contributed by atoms with E-state index in [0.717, 1.165) is 17.1 Å². The maximum atomic E-state index is 13.7. The number of nitrogens with one attached hydrogen (secondary N) is 2. The second-order valence-corrected chi connectivity index (χ2v) is 5.61. The van der Waals surface area contributed by atoms with Gasteiger partial charge in [0, 0.05) is 22.8 Å². The van der Waals surface area contributed by atoms with Gasteiger partial charge in [0.2, 0.25) is 5.95 Å². The van der Waals surface area contributed by atoms with Gasteiger partial charge in [0.25, 0.3) is 5.91 Å². The zero-order valence-electron chi connectivity index (χ0n) is 13.9. The summed E-state index contributed by atoms with van der Waals surface area (Å²) in [7, 11) is 0. The topological polar surface area (TPSA) is 66.9 Å². The number of carbonyl (C=O) groups is 1. The summed E-state index contributed by atoms with van der Waals surface area (Å²) in [5.74, 6) is -0.578. The Morgan fingerprint density at radius 1 is 0.920 bits per heavy atom. The van der Waals surface area contributed by atoms with Crippen LogP contribution in [0, 0.1) is 19.7 Å². The molecule has 6 heteroatoms. The number of anilines is 3. The van der Waals surface area contributed by atoms with Crippen molar-refractivity contribution >= 4 is 23.2 Å². The molecule has 0 aliphatic rings. The fraction of sp³-hybridized carbons (Fsp3) is 0.105. The van der Waals surface area contributed by atoms with Crippen LogP contribution in [0.25, 0.3) is 0 Å².